The van der Waals surface area contributed by atoms with Gasteiger partial charge < -0.3 is 15.0 Å². The minimum absolute atomic E-state index is 0.105. The van der Waals surface area contributed by atoms with Crippen molar-refractivity contribution in [1.29, 1.82) is 0 Å². The molecule has 8 nitrogen and oxygen atoms in total. The molecular weight excluding hydrogens is 565 g/mol. The zero-order chi connectivity index (χ0) is 27.0. The summed E-state index contributed by atoms with van der Waals surface area (Å²) in [6.45, 7) is 0.297. The van der Waals surface area contributed by atoms with Gasteiger partial charge in [-0.3, -0.25) is 0 Å². The first-order chi connectivity index (χ1) is 18.1. The lowest BCUT2D eigenvalue weighted by molar-refractivity contribution is 0.430. The largest absolute Gasteiger partial charge is 0.493 e. The molecule has 38 heavy (non-hydrogen) atoms. The number of aromatic hydroxyl groups is 1. The van der Waals surface area contributed by atoms with Crippen molar-refractivity contribution in [3.63, 3.8) is 0 Å². The molecule has 1 heterocycles. The molecule has 4 aromatic carbocycles. The van der Waals surface area contributed by atoms with Crippen LogP contribution in [0.25, 0.3) is 21.7 Å². The van der Waals surface area contributed by atoms with Crippen molar-refractivity contribution in [2.24, 2.45) is 15.4 Å². The van der Waals surface area contributed by atoms with Crippen molar-refractivity contribution in [3.8, 4) is 5.88 Å². The number of sulfonamides is 1. The number of rotatable bonds is 5. The second-order valence-corrected chi connectivity index (χ2v) is 11.1. The fourth-order valence-corrected chi connectivity index (χ4v) is 5.72. The van der Waals surface area contributed by atoms with E-state index >= 15 is 0 Å². The predicted octanol–water partition coefficient (Wildman–Crippen LogP) is 6.98. The van der Waals surface area contributed by atoms with Gasteiger partial charge in [-0.25, -0.2) is 13.6 Å². The number of halogens is 2. The number of nitrogens with zero attached hydrogens (tertiary/aromatic N) is 3. The molecule has 4 N–H and O–H groups in total. The zero-order valence-corrected chi connectivity index (χ0v) is 22.6. The van der Waals surface area contributed by atoms with Gasteiger partial charge in [-0.05, 0) is 52.8 Å². The highest BCUT2D eigenvalue weighted by Gasteiger charge is 2.21. The van der Waals surface area contributed by atoms with Crippen molar-refractivity contribution in [2.45, 2.75) is 11.4 Å². The predicted molar refractivity (Wildman–Crippen MR) is 155 cm³/mol. The molecule has 5 rings (SSSR count). The molecule has 0 aliphatic rings. The Balaban J connectivity index is 1.56. The Kier molecular flexibility index (Phi) is 7.08. The number of nitrogens with two attached hydrogens (primary N) is 1. The molecule has 0 amide bonds. The highest BCUT2D eigenvalue weighted by molar-refractivity contribution is 7.89. The minimum atomic E-state index is -4.00. The first kappa shape index (κ1) is 26.1. The summed E-state index contributed by atoms with van der Waals surface area (Å²) >= 11 is 18.1. The SMILES string of the molecule is NS(=O)(=O)c1ccccc1NC(=S)N=Nc1c(O)n(Cc2cccc3ccccc23)c2c(Cl)cc(Cl)cc12. The summed E-state index contributed by atoms with van der Waals surface area (Å²) in [5, 5.41) is 30.5. The number of aromatic nitrogens is 1. The van der Waals surface area contributed by atoms with Gasteiger partial charge in [0, 0.05) is 10.4 Å². The maximum absolute atomic E-state index is 11.9. The number of benzene rings is 4. The van der Waals surface area contributed by atoms with Gasteiger partial charge in [0.25, 0.3) is 0 Å². The van der Waals surface area contributed by atoms with Crippen LogP contribution in [-0.4, -0.2) is 23.2 Å². The molecule has 0 saturated carbocycles. The van der Waals surface area contributed by atoms with Crippen LogP contribution < -0.4 is 10.5 Å². The normalized spacial score (nSPS) is 12.0. The first-order valence-electron chi connectivity index (χ1n) is 11.1. The van der Waals surface area contributed by atoms with Crippen LogP contribution in [0, 0.1) is 0 Å². The summed E-state index contributed by atoms with van der Waals surface area (Å²) < 4.78 is 25.4. The Morgan fingerprint density at radius 1 is 1.00 bits per heavy atom. The lowest BCUT2D eigenvalue weighted by Crippen LogP contribution is -2.16. The summed E-state index contributed by atoms with van der Waals surface area (Å²) in [6, 6.07) is 23.1. The van der Waals surface area contributed by atoms with E-state index in [0.29, 0.717) is 27.5 Å². The zero-order valence-electron chi connectivity index (χ0n) is 19.5. The Hall–Kier alpha value is -3.54. The summed E-state index contributed by atoms with van der Waals surface area (Å²) in [5.41, 5.74) is 1.73. The maximum atomic E-state index is 11.9. The molecule has 0 atom stereocenters. The van der Waals surface area contributed by atoms with Crippen molar-refractivity contribution < 1.29 is 13.5 Å². The molecule has 0 fully saturated rings. The van der Waals surface area contributed by atoms with E-state index in [4.69, 9.17) is 40.6 Å². The standard InChI is InChI=1S/C26H19Cl2N5O3S2/c27-17-12-19-23(31-32-26(37)30-21-10-3-4-11-22(21)38(29,35)36)25(34)33(24(19)20(28)13-17)14-16-8-5-7-15-6-1-2-9-18(15)16/h1-13,34H,14H2,(H,30,37)(H2,29,35,36). The van der Waals surface area contributed by atoms with Gasteiger partial charge in [-0.15, -0.1) is 10.2 Å². The van der Waals surface area contributed by atoms with Gasteiger partial charge in [-0.1, -0.05) is 77.8 Å². The molecule has 5 aromatic rings. The second kappa shape index (κ2) is 10.3. The van der Waals surface area contributed by atoms with Gasteiger partial charge in [-0.2, -0.15) is 0 Å². The second-order valence-electron chi connectivity index (χ2n) is 8.35. The van der Waals surface area contributed by atoms with E-state index < -0.39 is 10.0 Å². The van der Waals surface area contributed by atoms with Gasteiger partial charge in [0.1, 0.15) is 4.90 Å². The fourth-order valence-electron chi connectivity index (χ4n) is 4.28. The number of fused-ring (bicyclic) bond motifs is 2. The Morgan fingerprint density at radius 2 is 1.71 bits per heavy atom. The average Bonchev–Trinajstić information content (AvgIpc) is 3.13. The van der Waals surface area contributed by atoms with Crippen LogP contribution in [0.1, 0.15) is 5.56 Å². The third-order valence-corrected chi connectivity index (χ3v) is 7.56. The van der Waals surface area contributed by atoms with E-state index in [2.05, 4.69) is 15.5 Å². The van der Waals surface area contributed by atoms with Crippen LogP contribution in [0.5, 0.6) is 5.88 Å². The average molecular weight is 585 g/mol. The van der Waals surface area contributed by atoms with Crippen molar-refractivity contribution in [3.05, 3.63) is 94.5 Å². The third kappa shape index (κ3) is 5.09. The van der Waals surface area contributed by atoms with Gasteiger partial charge in [0.15, 0.2) is 5.69 Å². The molecule has 0 aliphatic heterocycles. The summed E-state index contributed by atoms with van der Waals surface area (Å²) in [6.07, 6.45) is 0. The highest BCUT2D eigenvalue weighted by atomic mass is 35.5. The fraction of sp³-hybridized carbons (Fsp3) is 0.0385. The molecular formula is C26H19Cl2N5O3S2. The quantitative estimate of drug-likeness (QED) is 0.152. The van der Waals surface area contributed by atoms with Crippen molar-refractivity contribution in [2.75, 3.05) is 5.32 Å². The van der Waals surface area contributed by atoms with E-state index in [0.717, 1.165) is 16.3 Å². The molecule has 12 heteroatoms. The lowest BCUT2D eigenvalue weighted by atomic mass is 10.0. The Bertz CT molecular complexity index is 1870. The van der Waals surface area contributed by atoms with Crippen LogP contribution in [0.3, 0.4) is 0 Å². The number of hydrogen-bond donors (Lipinski definition) is 3. The minimum Gasteiger partial charge on any atom is -0.493 e. The number of anilines is 1. The van der Waals surface area contributed by atoms with Crippen LogP contribution in [0.15, 0.2) is 94.0 Å². The van der Waals surface area contributed by atoms with Crippen LogP contribution >= 0.6 is 35.4 Å². The Labute approximate surface area is 233 Å². The van der Waals surface area contributed by atoms with Crippen LogP contribution in [0.4, 0.5) is 11.4 Å². The van der Waals surface area contributed by atoms with Gasteiger partial charge >= 0.3 is 0 Å². The number of nitrogens with one attached hydrogen (secondary N) is 1. The van der Waals surface area contributed by atoms with E-state index in [1.807, 2.05) is 42.5 Å². The molecule has 0 aliphatic carbocycles. The van der Waals surface area contributed by atoms with E-state index in [1.54, 1.807) is 22.8 Å². The molecule has 192 valence electrons. The summed E-state index contributed by atoms with van der Waals surface area (Å²) in [5.74, 6) is -0.186. The molecule has 0 unspecified atom stereocenters. The number of azo groups is 1. The monoisotopic (exact) mass is 583 g/mol. The van der Waals surface area contributed by atoms with E-state index in [9.17, 15) is 13.5 Å². The molecule has 1 aromatic heterocycles. The molecule has 0 bridgehead atoms. The maximum Gasteiger partial charge on any atom is 0.240 e. The highest BCUT2D eigenvalue weighted by Crippen LogP contribution is 2.44. The Morgan fingerprint density at radius 3 is 2.50 bits per heavy atom. The number of para-hydroxylation sites is 1. The van der Waals surface area contributed by atoms with Crippen LogP contribution in [-0.2, 0) is 16.6 Å². The van der Waals surface area contributed by atoms with Crippen LogP contribution in [0.2, 0.25) is 10.0 Å². The lowest BCUT2D eigenvalue weighted by Gasteiger charge is -2.11. The summed E-state index contributed by atoms with van der Waals surface area (Å²) in [4.78, 5) is -0.148. The molecule has 0 saturated heterocycles. The van der Waals surface area contributed by atoms with E-state index in [-0.39, 0.29) is 27.3 Å². The van der Waals surface area contributed by atoms with Crippen molar-refractivity contribution in [1.82, 2.24) is 4.57 Å². The molecule has 0 radical (unpaired) electrons. The first-order valence-corrected chi connectivity index (χ1v) is 13.9. The van der Waals surface area contributed by atoms with Gasteiger partial charge in [0.05, 0.1) is 22.8 Å². The third-order valence-electron chi connectivity index (χ3n) is 5.91. The summed E-state index contributed by atoms with van der Waals surface area (Å²) in [7, 11) is -4.00. The molecule has 0 spiro atoms. The number of primary sulfonamides is 1. The van der Waals surface area contributed by atoms with Crippen molar-refractivity contribution >= 4 is 83.6 Å². The number of hydrogen-bond acceptors (Lipinski definition) is 5. The number of thiocarbonyl (C=S) groups is 1. The van der Waals surface area contributed by atoms with E-state index in [1.165, 1.54) is 18.2 Å². The van der Waals surface area contributed by atoms with Gasteiger partial charge in [0.2, 0.25) is 21.0 Å². The topological polar surface area (TPSA) is 122 Å². The smallest absolute Gasteiger partial charge is 0.240 e.